The number of imidazole rings is 2. The lowest BCUT2D eigenvalue weighted by Gasteiger charge is -2.77. The lowest BCUT2D eigenvalue weighted by molar-refractivity contribution is -0.351. The third-order valence-corrected chi connectivity index (χ3v) is 25.6. The number of hydrogen-bond acceptors (Lipinski definition) is 15. The number of amides is 1. The van der Waals surface area contributed by atoms with Crippen LogP contribution in [0.5, 0.6) is 0 Å². The quantitative estimate of drug-likeness (QED) is 0.0723. The number of carboxylic acid groups (broad SMARTS) is 1. The van der Waals surface area contributed by atoms with Crippen LogP contribution in [0, 0.1) is 85.2 Å². The summed E-state index contributed by atoms with van der Waals surface area (Å²) in [6.07, 6.45) is 11.3. The van der Waals surface area contributed by atoms with Crippen molar-refractivity contribution in [3.05, 3.63) is 41.9 Å². The molecule has 2 aromatic heterocycles. The first kappa shape index (κ1) is 57.0. The van der Waals surface area contributed by atoms with E-state index < -0.39 is 98.9 Å². The molecule has 8 fully saturated rings. The number of fused-ring (bicyclic) bond motifs is 11. The monoisotopic (exact) mass is 1120 g/mol. The minimum atomic E-state index is -1.65. The Kier molecular flexibility index (Phi) is 14.7. The maximum Gasteiger partial charge on any atom is 0.310 e. The van der Waals surface area contributed by atoms with E-state index in [9.17, 15) is 45.6 Å². The van der Waals surface area contributed by atoms with Gasteiger partial charge in [0.15, 0.2) is 6.29 Å². The summed E-state index contributed by atoms with van der Waals surface area (Å²) in [7, 11) is 0. The molecule has 0 aromatic carbocycles. The Balaban J connectivity index is 1.09. The number of rotatable bonds is 13. The molecule has 3 aliphatic heterocycles. The van der Waals surface area contributed by atoms with Crippen molar-refractivity contribution in [2.45, 2.75) is 205 Å². The minimum Gasteiger partial charge on any atom is -0.481 e. The van der Waals surface area contributed by atoms with Gasteiger partial charge in [0.2, 0.25) is 5.91 Å². The van der Waals surface area contributed by atoms with Crippen LogP contribution in [0.15, 0.2) is 30.5 Å². The van der Waals surface area contributed by atoms with Gasteiger partial charge in [-0.1, -0.05) is 71.4 Å². The van der Waals surface area contributed by atoms with Crippen molar-refractivity contribution < 1.29 is 59.9 Å². The summed E-state index contributed by atoms with van der Waals surface area (Å²) < 4.78 is 13.0. The van der Waals surface area contributed by atoms with Crippen molar-refractivity contribution >= 4 is 17.7 Å². The van der Waals surface area contributed by atoms with Crippen LogP contribution in [0.4, 0.5) is 5.82 Å². The summed E-state index contributed by atoms with van der Waals surface area (Å²) in [5, 5.41) is 101. The number of nitrogens with two attached hydrogens (primary N) is 1. The molecule has 7 aliphatic carbocycles. The second-order valence-corrected chi connectivity index (χ2v) is 28.6. The van der Waals surface area contributed by atoms with Crippen molar-refractivity contribution in [2.75, 3.05) is 31.7 Å². The molecule has 0 radical (unpaired) electrons. The average Bonchev–Trinajstić information content (AvgIpc) is 0.910. The molecule has 22 atom stereocenters. The van der Waals surface area contributed by atoms with Crippen molar-refractivity contribution in [1.29, 1.82) is 0 Å². The molecule has 14 N–H and O–H groups in total. The van der Waals surface area contributed by atoms with Gasteiger partial charge < -0.3 is 76.7 Å². The molecule has 19 heteroatoms. The highest BCUT2D eigenvalue weighted by atomic mass is 16.7. The number of aliphatic hydroxyl groups excluding tert-OH is 7. The van der Waals surface area contributed by atoms with E-state index in [4.69, 9.17) is 20.2 Å². The van der Waals surface area contributed by atoms with Gasteiger partial charge in [-0.15, -0.1) is 0 Å². The predicted octanol–water partition coefficient (Wildman–Crippen LogP) is 4.87. The Morgan fingerprint density at radius 1 is 0.875 bits per heavy atom. The number of hydrogen-bond donors (Lipinski definition) is 13. The second kappa shape index (κ2) is 20.6. The van der Waals surface area contributed by atoms with E-state index in [1.54, 1.807) is 18.9 Å². The Bertz CT molecular complexity index is 2620. The van der Waals surface area contributed by atoms with Crippen LogP contribution in [0.25, 0.3) is 0 Å². The highest BCUT2D eigenvalue weighted by Gasteiger charge is 2.79. The highest BCUT2D eigenvalue weighted by Crippen LogP contribution is 2.81. The summed E-state index contributed by atoms with van der Waals surface area (Å²) in [6.45, 7) is 8.81. The predicted molar refractivity (Wildman–Crippen MR) is 294 cm³/mol. The molecular formula is C61H93N7O12. The number of carbonyl (C=O) groups excluding carboxylic acids is 1. The molecule has 5 heterocycles. The molecule has 444 valence electrons. The normalized spacial score (nSPS) is 46.8. The first-order chi connectivity index (χ1) is 38.2. The highest BCUT2D eigenvalue weighted by molar-refractivity contribution is 5.86. The number of H-pyrrole nitrogens is 2. The molecule has 10 aliphatic rings. The minimum absolute atomic E-state index is 0.000413. The zero-order chi connectivity index (χ0) is 56.5. The van der Waals surface area contributed by atoms with Gasteiger partial charge >= 0.3 is 5.97 Å². The number of allylic oxidation sites excluding steroid dienone is 2. The maximum atomic E-state index is 15.3. The van der Waals surface area contributed by atoms with Crippen LogP contribution in [0.3, 0.4) is 0 Å². The van der Waals surface area contributed by atoms with Crippen molar-refractivity contribution in [3.63, 3.8) is 0 Å². The standard InChI is InChI=1S/C61H93N7O12/c1-55(28-69)20-21-60(54(77)78)38(24-55)34-13-14-44-57(3,58(34,4)35-23-40-51(67-31-66-40)64-25-39(35)60)19-16-43-56(2,29-70)50(80-52-49(75)48(74)42(71)27-79-52)47(73)37(61(43,44)32-10-6-5-7-11-32)22-36-46(68-53(76)59(36)17-8-9-18-59)33(12-15-45(62)72)41-26-63-30-65-41/h13,26,30-33,35-39,42-50,52,64,69-75H,5-12,14-25,27-29,62H2,1-4H3,(H,63,65)(H,66,67)(H,68,76)(H,77,78). The molecular weight excluding hydrogens is 1020 g/mol. The Labute approximate surface area is 470 Å². The third kappa shape index (κ3) is 8.06. The Hall–Kier alpha value is -3.50. The summed E-state index contributed by atoms with van der Waals surface area (Å²) in [5.74, 6) is -2.45. The lowest BCUT2D eigenvalue weighted by Crippen LogP contribution is -2.76. The topological polar surface area (TPSA) is 322 Å². The number of aliphatic carboxylic acids is 1. The summed E-state index contributed by atoms with van der Waals surface area (Å²) in [5.41, 5.74) is 3.66. The number of carboxylic acids is 1. The number of anilines is 1. The molecule has 12 rings (SSSR count). The molecule has 22 unspecified atom stereocenters. The zero-order valence-corrected chi connectivity index (χ0v) is 47.6. The largest absolute Gasteiger partial charge is 0.481 e. The van der Waals surface area contributed by atoms with E-state index in [-0.39, 0.29) is 79.5 Å². The van der Waals surface area contributed by atoms with Gasteiger partial charge in [0.25, 0.3) is 0 Å². The first-order valence-electron chi connectivity index (χ1n) is 30.8. The fourth-order valence-corrected chi connectivity index (χ4v) is 21.7. The van der Waals surface area contributed by atoms with Gasteiger partial charge in [-0.3, -0.25) is 9.59 Å². The first-order valence-corrected chi connectivity index (χ1v) is 30.8. The molecule has 1 amide bonds. The molecule has 80 heavy (non-hydrogen) atoms. The van der Waals surface area contributed by atoms with Gasteiger partial charge in [0.1, 0.15) is 30.4 Å². The molecule has 19 nitrogen and oxygen atoms in total. The number of carbonyl (C=O) groups is 2. The second-order valence-electron chi connectivity index (χ2n) is 28.6. The molecule has 2 saturated heterocycles. The molecule has 0 bridgehead atoms. The number of nitrogens with one attached hydrogen (secondary N) is 4. The van der Waals surface area contributed by atoms with Gasteiger partial charge in [-0.05, 0) is 159 Å². The third-order valence-electron chi connectivity index (χ3n) is 25.6. The fraction of sp³-hybridized carbons (Fsp3) is 0.836. The lowest BCUT2D eigenvalue weighted by atomic mass is 9.27. The summed E-state index contributed by atoms with van der Waals surface area (Å²) in [4.78, 5) is 45.9. The van der Waals surface area contributed by atoms with E-state index in [0.29, 0.717) is 70.8 Å². The number of aromatic nitrogens is 4. The van der Waals surface area contributed by atoms with Gasteiger partial charge in [0, 0.05) is 42.4 Å². The average molecular weight is 1120 g/mol. The van der Waals surface area contributed by atoms with Crippen molar-refractivity contribution in [1.82, 2.24) is 25.3 Å². The van der Waals surface area contributed by atoms with E-state index >= 15 is 4.79 Å². The van der Waals surface area contributed by atoms with Crippen LogP contribution in [0.2, 0.25) is 0 Å². The SMILES string of the molecule is CC1(CO)CCC2(C(=O)O)C(C1)C1=CCC3C4(C5CCCCC5)C(CC5C(C(CCC(N)O)c6cnc[nH]6)NC(=O)C56CCCC6)C(O)C(OC5OCC(O)C(O)C5O)C(C)(CO)C4CCC3(C)C1(C)C1Cc3[nH]cnc3NCC12. The number of ether oxygens (including phenoxy) is 2. The van der Waals surface area contributed by atoms with Crippen molar-refractivity contribution in [2.24, 2.45) is 91.0 Å². The summed E-state index contributed by atoms with van der Waals surface area (Å²) in [6, 6.07) is -0.442. The van der Waals surface area contributed by atoms with Crippen LogP contribution in [0.1, 0.15) is 161 Å². The molecule has 2 aromatic rings. The number of aliphatic hydroxyl groups is 7. The van der Waals surface area contributed by atoms with Gasteiger partial charge in [0.05, 0.1) is 54.6 Å². The number of aromatic amines is 2. The molecule has 6 saturated carbocycles. The molecule has 1 spiro atoms. The van der Waals surface area contributed by atoms with Crippen LogP contribution >= 0.6 is 0 Å². The van der Waals surface area contributed by atoms with Gasteiger partial charge in [-0.25, -0.2) is 9.97 Å². The number of nitrogens with zero attached hydrogens (tertiary/aromatic N) is 2. The maximum absolute atomic E-state index is 15.3. The van der Waals surface area contributed by atoms with E-state index in [2.05, 4.69) is 52.4 Å². The Morgan fingerprint density at radius 2 is 1.64 bits per heavy atom. The Morgan fingerprint density at radius 3 is 2.33 bits per heavy atom. The van der Waals surface area contributed by atoms with Crippen molar-refractivity contribution in [3.8, 4) is 0 Å². The van der Waals surface area contributed by atoms with Gasteiger partial charge in [-0.2, -0.15) is 0 Å². The van der Waals surface area contributed by atoms with Crippen LogP contribution < -0.4 is 16.4 Å². The fourth-order valence-electron chi connectivity index (χ4n) is 21.7. The smallest absolute Gasteiger partial charge is 0.310 e. The summed E-state index contributed by atoms with van der Waals surface area (Å²) >= 11 is 0. The zero-order valence-electron chi connectivity index (χ0n) is 47.6. The van der Waals surface area contributed by atoms with E-state index in [0.717, 1.165) is 68.6 Å². The van der Waals surface area contributed by atoms with Crippen LogP contribution in [-0.4, -0.2) is 148 Å². The van der Waals surface area contributed by atoms with E-state index in [1.807, 2.05) is 6.92 Å². The van der Waals surface area contributed by atoms with Crippen LogP contribution in [-0.2, 0) is 25.5 Å². The van der Waals surface area contributed by atoms with E-state index in [1.165, 1.54) is 5.57 Å².